The van der Waals surface area contributed by atoms with E-state index in [0.29, 0.717) is 5.75 Å². The lowest BCUT2D eigenvalue weighted by Crippen LogP contribution is -2.28. The van der Waals surface area contributed by atoms with Crippen molar-refractivity contribution in [3.05, 3.63) is 59.7 Å². The van der Waals surface area contributed by atoms with Crippen molar-refractivity contribution in [2.45, 2.75) is 13.5 Å². The van der Waals surface area contributed by atoms with Crippen LogP contribution in [-0.2, 0) is 16.6 Å². The molecule has 5 nitrogen and oxygen atoms in total. The summed E-state index contributed by atoms with van der Waals surface area (Å²) in [6.45, 7) is 2.37. The van der Waals surface area contributed by atoms with Crippen molar-refractivity contribution in [2.75, 3.05) is 19.5 Å². The molecule has 0 radical (unpaired) electrons. The number of methoxy groups -OCH3 is 1. The quantitative estimate of drug-likeness (QED) is 0.805. The molecule has 0 fully saturated rings. The Morgan fingerprint density at radius 1 is 0.957 bits per heavy atom. The van der Waals surface area contributed by atoms with E-state index < -0.39 is 10.0 Å². The Hall–Kier alpha value is -2.05. The topological polar surface area (TPSA) is 64.6 Å². The van der Waals surface area contributed by atoms with E-state index in [2.05, 4.69) is 4.72 Å². The van der Waals surface area contributed by atoms with Gasteiger partial charge in [0, 0.05) is 6.54 Å². The van der Waals surface area contributed by atoms with Gasteiger partial charge in [0.05, 0.1) is 12.9 Å². The Kier molecular flexibility index (Phi) is 6.01. The molecular weight excluding hydrogens is 314 g/mol. The predicted octanol–water partition coefficient (Wildman–Crippen LogP) is 2.50. The molecule has 0 atom stereocenters. The first-order chi connectivity index (χ1) is 11.0. The standard InChI is InChI=1S/C17H21NO4S/c1-14-3-5-15(6-4-14)13-18-23(19,20)12-11-22-17-9-7-16(21-2)8-10-17/h3-10,18H,11-13H2,1-2H3. The highest BCUT2D eigenvalue weighted by atomic mass is 32.2. The molecule has 0 aliphatic heterocycles. The Labute approximate surface area is 137 Å². The highest BCUT2D eigenvalue weighted by Crippen LogP contribution is 2.16. The van der Waals surface area contributed by atoms with Crippen LogP contribution >= 0.6 is 0 Å². The Bertz CT molecular complexity index is 709. The second kappa shape index (κ2) is 7.99. The van der Waals surface area contributed by atoms with E-state index in [4.69, 9.17) is 9.47 Å². The molecule has 0 bridgehead atoms. The zero-order valence-corrected chi connectivity index (χ0v) is 14.1. The average Bonchev–Trinajstić information content (AvgIpc) is 2.55. The zero-order valence-electron chi connectivity index (χ0n) is 13.3. The highest BCUT2D eigenvalue weighted by molar-refractivity contribution is 7.89. The first-order valence-electron chi connectivity index (χ1n) is 7.28. The third-order valence-electron chi connectivity index (χ3n) is 3.30. The van der Waals surface area contributed by atoms with E-state index in [1.54, 1.807) is 31.4 Å². The van der Waals surface area contributed by atoms with Gasteiger partial charge in [0.15, 0.2) is 0 Å². The summed E-state index contributed by atoms with van der Waals surface area (Å²) in [5.41, 5.74) is 2.07. The number of rotatable bonds is 8. The minimum atomic E-state index is -3.37. The zero-order chi connectivity index (χ0) is 16.7. The van der Waals surface area contributed by atoms with Gasteiger partial charge in [-0.05, 0) is 36.8 Å². The number of hydrogen-bond acceptors (Lipinski definition) is 4. The van der Waals surface area contributed by atoms with Crippen LogP contribution < -0.4 is 14.2 Å². The largest absolute Gasteiger partial charge is 0.497 e. The lowest BCUT2D eigenvalue weighted by Gasteiger charge is -2.09. The van der Waals surface area contributed by atoms with E-state index in [-0.39, 0.29) is 18.9 Å². The fourth-order valence-electron chi connectivity index (χ4n) is 1.91. The van der Waals surface area contributed by atoms with E-state index in [0.717, 1.165) is 16.9 Å². The smallest absolute Gasteiger partial charge is 0.215 e. The van der Waals surface area contributed by atoms with Gasteiger partial charge in [-0.25, -0.2) is 13.1 Å². The first-order valence-corrected chi connectivity index (χ1v) is 8.93. The van der Waals surface area contributed by atoms with Crippen LogP contribution in [0.5, 0.6) is 11.5 Å². The van der Waals surface area contributed by atoms with E-state index in [1.165, 1.54) is 0 Å². The Morgan fingerprint density at radius 3 is 2.17 bits per heavy atom. The molecule has 2 rings (SSSR count). The predicted molar refractivity (Wildman–Crippen MR) is 90.3 cm³/mol. The number of sulfonamides is 1. The minimum Gasteiger partial charge on any atom is -0.497 e. The van der Waals surface area contributed by atoms with Crippen LogP contribution in [0.15, 0.2) is 48.5 Å². The first kappa shape index (κ1) is 17.3. The maximum Gasteiger partial charge on any atom is 0.215 e. The maximum absolute atomic E-state index is 12.0. The van der Waals surface area contributed by atoms with Gasteiger partial charge in [-0.15, -0.1) is 0 Å². The summed E-state index contributed by atoms with van der Waals surface area (Å²) in [7, 11) is -1.79. The van der Waals surface area contributed by atoms with Crippen LogP contribution in [0, 0.1) is 6.92 Å². The molecule has 2 aromatic carbocycles. The van der Waals surface area contributed by atoms with Crippen molar-refractivity contribution >= 4 is 10.0 Å². The molecule has 0 unspecified atom stereocenters. The lowest BCUT2D eigenvalue weighted by molar-refractivity contribution is 0.339. The fraction of sp³-hybridized carbons (Fsp3) is 0.294. The third-order valence-corrected chi connectivity index (χ3v) is 4.59. The molecule has 2 aromatic rings. The normalized spacial score (nSPS) is 11.2. The van der Waals surface area contributed by atoms with Crippen molar-refractivity contribution < 1.29 is 17.9 Å². The van der Waals surface area contributed by atoms with Crippen LogP contribution in [-0.4, -0.2) is 27.9 Å². The summed E-state index contributed by atoms with van der Waals surface area (Å²) in [5.74, 6) is 1.24. The Morgan fingerprint density at radius 2 is 1.57 bits per heavy atom. The fourth-order valence-corrected chi connectivity index (χ4v) is 2.75. The maximum atomic E-state index is 12.0. The molecule has 23 heavy (non-hydrogen) atoms. The molecule has 6 heteroatoms. The molecule has 0 spiro atoms. The molecular formula is C17H21NO4S. The van der Waals surface area contributed by atoms with Crippen LogP contribution in [0.2, 0.25) is 0 Å². The monoisotopic (exact) mass is 335 g/mol. The van der Waals surface area contributed by atoms with E-state index in [1.807, 2.05) is 31.2 Å². The van der Waals surface area contributed by atoms with Gasteiger partial charge in [-0.2, -0.15) is 0 Å². The average molecular weight is 335 g/mol. The summed E-state index contributed by atoms with van der Waals surface area (Å²) in [4.78, 5) is 0. The van der Waals surface area contributed by atoms with Gasteiger partial charge in [0.25, 0.3) is 0 Å². The van der Waals surface area contributed by atoms with Gasteiger partial charge < -0.3 is 9.47 Å². The second-order valence-electron chi connectivity index (χ2n) is 5.15. The number of nitrogens with one attached hydrogen (secondary N) is 1. The van der Waals surface area contributed by atoms with Gasteiger partial charge in [-0.1, -0.05) is 29.8 Å². The molecule has 0 saturated heterocycles. The lowest BCUT2D eigenvalue weighted by atomic mass is 10.2. The van der Waals surface area contributed by atoms with Crippen molar-refractivity contribution in [3.63, 3.8) is 0 Å². The SMILES string of the molecule is COc1ccc(OCCS(=O)(=O)NCc2ccc(C)cc2)cc1. The number of ether oxygens (including phenoxy) is 2. The van der Waals surface area contributed by atoms with Crippen LogP contribution in [0.1, 0.15) is 11.1 Å². The molecule has 1 N–H and O–H groups in total. The van der Waals surface area contributed by atoms with Crippen LogP contribution in [0.3, 0.4) is 0 Å². The second-order valence-corrected chi connectivity index (χ2v) is 7.08. The van der Waals surface area contributed by atoms with E-state index >= 15 is 0 Å². The molecule has 0 aliphatic rings. The summed E-state index contributed by atoms with van der Waals surface area (Å²) in [6, 6.07) is 14.7. The molecule has 0 amide bonds. The summed E-state index contributed by atoms with van der Waals surface area (Å²) in [6.07, 6.45) is 0. The number of hydrogen-bond donors (Lipinski definition) is 1. The van der Waals surface area contributed by atoms with Gasteiger partial charge in [-0.3, -0.25) is 0 Å². The molecule has 0 heterocycles. The summed E-state index contributed by atoms with van der Waals surface area (Å²) < 4.78 is 37.0. The number of benzene rings is 2. The molecule has 0 aromatic heterocycles. The van der Waals surface area contributed by atoms with Crippen molar-refractivity contribution in [3.8, 4) is 11.5 Å². The van der Waals surface area contributed by atoms with Gasteiger partial charge >= 0.3 is 0 Å². The van der Waals surface area contributed by atoms with Crippen molar-refractivity contribution in [1.82, 2.24) is 4.72 Å². The van der Waals surface area contributed by atoms with Crippen LogP contribution in [0.25, 0.3) is 0 Å². The van der Waals surface area contributed by atoms with Gasteiger partial charge in [0.1, 0.15) is 18.1 Å². The molecule has 0 saturated carbocycles. The third kappa shape index (κ3) is 5.92. The summed E-state index contributed by atoms with van der Waals surface area (Å²) >= 11 is 0. The minimum absolute atomic E-state index is 0.0924. The highest BCUT2D eigenvalue weighted by Gasteiger charge is 2.10. The molecule has 0 aliphatic carbocycles. The van der Waals surface area contributed by atoms with Gasteiger partial charge in [0.2, 0.25) is 10.0 Å². The van der Waals surface area contributed by atoms with Crippen LogP contribution in [0.4, 0.5) is 0 Å². The van der Waals surface area contributed by atoms with Crippen molar-refractivity contribution in [2.24, 2.45) is 0 Å². The van der Waals surface area contributed by atoms with Crippen molar-refractivity contribution in [1.29, 1.82) is 0 Å². The van der Waals surface area contributed by atoms with E-state index in [9.17, 15) is 8.42 Å². The number of aryl methyl sites for hydroxylation is 1. The summed E-state index contributed by atoms with van der Waals surface area (Å²) in [5, 5.41) is 0. The molecule has 124 valence electrons. The Balaban J connectivity index is 1.77.